The van der Waals surface area contributed by atoms with Crippen molar-refractivity contribution >= 4 is 0 Å². The van der Waals surface area contributed by atoms with Gasteiger partial charge in [-0.25, -0.2) is 0 Å². The Morgan fingerprint density at radius 1 is 1.29 bits per heavy atom. The van der Waals surface area contributed by atoms with Gasteiger partial charge in [0.05, 0.1) is 12.7 Å². The van der Waals surface area contributed by atoms with Crippen molar-refractivity contribution in [1.82, 2.24) is 4.90 Å². The highest BCUT2D eigenvalue weighted by Crippen LogP contribution is 2.35. The summed E-state index contributed by atoms with van der Waals surface area (Å²) < 4.78 is 5.65. The molecule has 2 N–H and O–H groups in total. The van der Waals surface area contributed by atoms with Crippen molar-refractivity contribution in [3.63, 3.8) is 0 Å². The molecule has 17 heavy (non-hydrogen) atoms. The largest absolute Gasteiger partial charge is 0.374 e. The quantitative estimate of drug-likeness (QED) is 0.750. The molecular formula is C14H28N2O. The van der Waals surface area contributed by atoms with E-state index in [1.807, 2.05) is 0 Å². The summed E-state index contributed by atoms with van der Waals surface area (Å²) in [6.07, 6.45) is 7.10. The Morgan fingerprint density at radius 2 is 2.12 bits per heavy atom. The Labute approximate surface area is 106 Å². The standard InChI is InChI=1S/C14H28N2O/c1-14(2)6-3-4-12(5-7-14)16-8-9-17-13(10-15)11-16/h12-13H,3-11,15H2,1-2H3. The topological polar surface area (TPSA) is 38.5 Å². The summed E-state index contributed by atoms with van der Waals surface area (Å²) in [6, 6.07) is 0.773. The summed E-state index contributed by atoms with van der Waals surface area (Å²) in [4.78, 5) is 2.63. The van der Waals surface area contributed by atoms with Crippen molar-refractivity contribution in [3.05, 3.63) is 0 Å². The average molecular weight is 240 g/mol. The molecule has 2 rings (SSSR count). The smallest absolute Gasteiger partial charge is 0.0824 e. The molecule has 2 atom stereocenters. The molecule has 1 saturated carbocycles. The van der Waals surface area contributed by atoms with Crippen LogP contribution in [-0.4, -0.2) is 43.3 Å². The maximum atomic E-state index is 5.72. The first kappa shape index (κ1) is 13.3. The molecule has 2 aliphatic rings. The molecule has 2 fully saturated rings. The van der Waals surface area contributed by atoms with E-state index in [9.17, 15) is 0 Å². The number of morpholine rings is 1. The lowest BCUT2D eigenvalue weighted by Crippen LogP contribution is -2.49. The summed E-state index contributed by atoms with van der Waals surface area (Å²) in [5.74, 6) is 0. The number of nitrogens with two attached hydrogens (primary N) is 1. The van der Waals surface area contributed by atoms with Gasteiger partial charge in [0.1, 0.15) is 0 Å². The lowest BCUT2D eigenvalue weighted by atomic mass is 9.85. The maximum absolute atomic E-state index is 5.72. The minimum Gasteiger partial charge on any atom is -0.374 e. The van der Waals surface area contributed by atoms with Crippen molar-refractivity contribution in [2.45, 2.75) is 58.1 Å². The van der Waals surface area contributed by atoms with E-state index in [-0.39, 0.29) is 6.10 Å². The molecule has 100 valence electrons. The summed E-state index contributed by atoms with van der Waals surface area (Å²) in [5, 5.41) is 0. The third kappa shape index (κ3) is 3.67. The molecule has 0 aromatic rings. The zero-order valence-electron chi connectivity index (χ0n) is 11.5. The zero-order valence-corrected chi connectivity index (χ0v) is 11.5. The van der Waals surface area contributed by atoms with Gasteiger partial charge >= 0.3 is 0 Å². The van der Waals surface area contributed by atoms with Crippen molar-refractivity contribution < 1.29 is 4.74 Å². The van der Waals surface area contributed by atoms with E-state index in [4.69, 9.17) is 10.5 Å². The van der Waals surface area contributed by atoms with Crippen LogP contribution in [-0.2, 0) is 4.74 Å². The summed E-state index contributed by atoms with van der Waals surface area (Å²) in [5.41, 5.74) is 6.27. The monoisotopic (exact) mass is 240 g/mol. The Bertz CT molecular complexity index is 242. The number of hydrogen-bond acceptors (Lipinski definition) is 3. The van der Waals surface area contributed by atoms with Crippen LogP contribution < -0.4 is 5.73 Å². The molecule has 0 bridgehead atoms. The predicted molar refractivity (Wildman–Crippen MR) is 71.0 cm³/mol. The van der Waals surface area contributed by atoms with Crippen molar-refractivity contribution in [2.24, 2.45) is 11.1 Å². The predicted octanol–water partition coefficient (Wildman–Crippen LogP) is 2.00. The second-order valence-corrected chi connectivity index (χ2v) is 6.47. The molecule has 0 radical (unpaired) electrons. The third-order valence-electron chi connectivity index (χ3n) is 4.49. The van der Waals surface area contributed by atoms with E-state index in [0.717, 1.165) is 25.7 Å². The number of rotatable bonds is 2. The van der Waals surface area contributed by atoms with Gasteiger partial charge in [-0.3, -0.25) is 4.90 Å². The molecular weight excluding hydrogens is 212 g/mol. The van der Waals surface area contributed by atoms with Crippen LogP contribution in [0.5, 0.6) is 0 Å². The lowest BCUT2D eigenvalue weighted by molar-refractivity contribution is -0.0407. The molecule has 1 saturated heterocycles. The fraction of sp³-hybridized carbons (Fsp3) is 1.00. The SMILES string of the molecule is CC1(C)CCCC(N2CCOC(CN)C2)CC1. The van der Waals surface area contributed by atoms with Crippen LogP contribution in [0.2, 0.25) is 0 Å². The van der Waals surface area contributed by atoms with Gasteiger partial charge in [0.2, 0.25) is 0 Å². The molecule has 0 spiro atoms. The molecule has 3 nitrogen and oxygen atoms in total. The van der Waals surface area contributed by atoms with Gasteiger partial charge in [-0.05, 0) is 31.1 Å². The summed E-state index contributed by atoms with van der Waals surface area (Å²) in [6.45, 7) is 8.49. The average Bonchev–Trinajstić information content (AvgIpc) is 2.50. The van der Waals surface area contributed by atoms with Gasteiger partial charge in [0, 0.05) is 25.7 Å². The van der Waals surface area contributed by atoms with Crippen molar-refractivity contribution in [2.75, 3.05) is 26.2 Å². The molecule has 0 amide bonds. The molecule has 0 aromatic heterocycles. The van der Waals surface area contributed by atoms with Crippen LogP contribution >= 0.6 is 0 Å². The number of ether oxygens (including phenoxy) is 1. The van der Waals surface area contributed by atoms with E-state index in [1.165, 1.54) is 32.1 Å². The van der Waals surface area contributed by atoms with E-state index in [2.05, 4.69) is 18.7 Å². The van der Waals surface area contributed by atoms with E-state index >= 15 is 0 Å². The van der Waals surface area contributed by atoms with E-state index < -0.39 is 0 Å². The van der Waals surface area contributed by atoms with Crippen LogP contribution in [0.25, 0.3) is 0 Å². The van der Waals surface area contributed by atoms with Gasteiger partial charge in [0.15, 0.2) is 0 Å². The van der Waals surface area contributed by atoms with E-state index in [0.29, 0.717) is 12.0 Å². The van der Waals surface area contributed by atoms with Crippen molar-refractivity contribution in [1.29, 1.82) is 0 Å². The molecule has 1 aliphatic heterocycles. The van der Waals surface area contributed by atoms with Crippen molar-refractivity contribution in [3.8, 4) is 0 Å². The Balaban J connectivity index is 1.88. The highest BCUT2D eigenvalue weighted by Gasteiger charge is 2.30. The summed E-state index contributed by atoms with van der Waals surface area (Å²) in [7, 11) is 0. The Kier molecular flexibility index (Phi) is 4.45. The highest BCUT2D eigenvalue weighted by atomic mass is 16.5. The van der Waals surface area contributed by atoms with Gasteiger partial charge in [-0.1, -0.05) is 20.3 Å². The van der Waals surface area contributed by atoms with Crippen LogP contribution in [0.1, 0.15) is 46.0 Å². The second-order valence-electron chi connectivity index (χ2n) is 6.47. The van der Waals surface area contributed by atoms with Crippen LogP contribution in [0, 0.1) is 5.41 Å². The lowest BCUT2D eigenvalue weighted by Gasteiger charge is -2.38. The minimum atomic E-state index is 0.264. The van der Waals surface area contributed by atoms with Crippen LogP contribution in [0.15, 0.2) is 0 Å². The summed E-state index contributed by atoms with van der Waals surface area (Å²) >= 11 is 0. The third-order valence-corrected chi connectivity index (χ3v) is 4.49. The maximum Gasteiger partial charge on any atom is 0.0824 e. The molecule has 3 heteroatoms. The number of hydrogen-bond donors (Lipinski definition) is 1. The first-order chi connectivity index (χ1) is 8.11. The fourth-order valence-corrected chi connectivity index (χ4v) is 3.22. The Morgan fingerprint density at radius 3 is 2.88 bits per heavy atom. The Hall–Kier alpha value is -0.120. The first-order valence-electron chi connectivity index (χ1n) is 7.16. The fourth-order valence-electron chi connectivity index (χ4n) is 3.22. The second kappa shape index (κ2) is 5.68. The minimum absolute atomic E-state index is 0.264. The van der Waals surface area contributed by atoms with Gasteiger partial charge < -0.3 is 10.5 Å². The normalized spacial score (nSPS) is 35.5. The van der Waals surface area contributed by atoms with Gasteiger partial charge in [-0.2, -0.15) is 0 Å². The molecule has 1 heterocycles. The van der Waals surface area contributed by atoms with Crippen LogP contribution in [0.4, 0.5) is 0 Å². The highest BCUT2D eigenvalue weighted by molar-refractivity contribution is 4.84. The van der Waals surface area contributed by atoms with Gasteiger partial charge in [0.25, 0.3) is 0 Å². The molecule has 2 unspecified atom stereocenters. The van der Waals surface area contributed by atoms with Crippen LogP contribution in [0.3, 0.4) is 0 Å². The molecule has 0 aromatic carbocycles. The first-order valence-corrected chi connectivity index (χ1v) is 7.16. The number of nitrogens with zero attached hydrogens (tertiary/aromatic N) is 1. The molecule has 1 aliphatic carbocycles. The zero-order chi connectivity index (χ0) is 12.3. The van der Waals surface area contributed by atoms with E-state index in [1.54, 1.807) is 0 Å². The van der Waals surface area contributed by atoms with Gasteiger partial charge in [-0.15, -0.1) is 0 Å².